The minimum absolute atomic E-state index is 0.389. The van der Waals surface area contributed by atoms with E-state index in [-0.39, 0.29) is 0 Å². The van der Waals surface area contributed by atoms with Crippen LogP contribution in [0.25, 0.3) is 0 Å². The van der Waals surface area contributed by atoms with E-state index in [1.807, 2.05) is 19.1 Å². The van der Waals surface area contributed by atoms with Crippen molar-refractivity contribution in [2.45, 2.75) is 13.1 Å². The molecule has 0 spiro atoms. The van der Waals surface area contributed by atoms with Gasteiger partial charge in [-0.3, -0.25) is 0 Å². The quantitative estimate of drug-likeness (QED) is 0.614. The number of aryl methyl sites for hydroxylation is 1. The van der Waals surface area contributed by atoms with Gasteiger partial charge in [-0.2, -0.15) is 0 Å². The minimum atomic E-state index is 0.389. The topological polar surface area (TPSA) is 20.2 Å². The SMILES string of the molecule is Cc1ccc(O)c(CP)c1. The summed E-state index contributed by atoms with van der Waals surface area (Å²) in [5.41, 5.74) is 2.18. The monoisotopic (exact) mass is 154 g/mol. The summed E-state index contributed by atoms with van der Waals surface area (Å²) in [7, 11) is 2.59. The predicted molar refractivity (Wildman–Crippen MR) is 46.3 cm³/mol. The van der Waals surface area contributed by atoms with Crippen LogP contribution in [0.3, 0.4) is 0 Å². The van der Waals surface area contributed by atoms with Crippen molar-refractivity contribution >= 4 is 9.24 Å². The van der Waals surface area contributed by atoms with E-state index < -0.39 is 0 Å². The van der Waals surface area contributed by atoms with Gasteiger partial charge in [-0.05, 0) is 24.7 Å². The van der Waals surface area contributed by atoms with Crippen LogP contribution in [0.1, 0.15) is 11.1 Å². The average molecular weight is 154 g/mol. The van der Waals surface area contributed by atoms with Crippen LogP contribution in [0.2, 0.25) is 0 Å². The zero-order valence-electron chi connectivity index (χ0n) is 5.96. The summed E-state index contributed by atoms with van der Waals surface area (Å²) in [5, 5.41) is 9.22. The Hall–Kier alpha value is -0.550. The van der Waals surface area contributed by atoms with Gasteiger partial charge in [0.25, 0.3) is 0 Å². The molecule has 1 unspecified atom stereocenters. The smallest absolute Gasteiger partial charge is 0.119 e. The second-order valence-electron chi connectivity index (χ2n) is 2.34. The van der Waals surface area contributed by atoms with Gasteiger partial charge in [-0.1, -0.05) is 17.7 Å². The van der Waals surface area contributed by atoms with Crippen molar-refractivity contribution in [2.75, 3.05) is 0 Å². The van der Waals surface area contributed by atoms with E-state index in [0.29, 0.717) is 5.75 Å². The van der Waals surface area contributed by atoms with Gasteiger partial charge < -0.3 is 5.11 Å². The van der Waals surface area contributed by atoms with Crippen LogP contribution in [-0.2, 0) is 6.16 Å². The molecule has 0 bridgehead atoms. The molecule has 1 rings (SSSR count). The molecule has 0 heterocycles. The lowest BCUT2D eigenvalue weighted by Crippen LogP contribution is -1.79. The number of hydrogen-bond acceptors (Lipinski definition) is 1. The molecule has 0 saturated heterocycles. The molecule has 0 aliphatic carbocycles. The van der Waals surface area contributed by atoms with Gasteiger partial charge >= 0.3 is 0 Å². The summed E-state index contributed by atoms with van der Waals surface area (Å²) in [6, 6.07) is 5.62. The van der Waals surface area contributed by atoms with Crippen LogP contribution in [0, 0.1) is 6.92 Å². The largest absolute Gasteiger partial charge is 0.508 e. The highest BCUT2D eigenvalue weighted by molar-refractivity contribution is 7.15. The first-order valence-electron chi connectivity index (χ1n) is 3.22. The molecule has 0 radical (unpaired) electrons. The number of phenols is 1. The van der Waals surface area contributed by atoms with E-state index in [1.165, 1.54) is 5.56 Å². The highest BCUT2D eigenvalue weighted by atomic mass is 31.0. The van der Waals surface area contributed by atoms with Gasteiger partial charge in [-0.15, -0.1) is 9.24 Å². The Kier molecular flexibility index (Phi) is 2.29. The van der Waals surface area contributed by atoms with Crippen molar-refractivity contribution in [2.24, 2.45) is 0 Å². The molecule has 0 aliphatic heterocycles. The first kappa shape index (κ1) is 7.56. The molecular weight excluding hydrogens is 143 g/mol. The van der Waals surface area contributed by atoms with Crippen LogP contribution in [0.4, 0.5) is 0 Å². The van der Waals surface area contributed by atoms with Gasteiger partial charge in [0.15, 0.2) is 0 Å². The minimum Gasteiger partial charge on any atom is -0.508 e. The number of phenolic OH excluding ortho intramolecular Hbond substituents is 1. The van der Waals surface area contributed by atoms with Crippen LogP contribution in [-0.4, -0.2) is 5.11 Å². The third-order valence-corrected chi connectivity index (χ3v) is 1.89. The van der Waals surface area contributed by atoms with E-state index in [2.05, 4.69) is 9.24 Å². The maximum Gasteiger partial charge on any atom is 0.119 e. The number of rotatable bonds is 1. The van der Waals surface area contributed by atoms with E-state index in [0.717, 1.165) is 11.7 Å². The third-order valence-electron chi connectivity index (χ3n) is 1.45. The summed E-state index contributed by atoms with van der Waals surface area (Å²) < 4.78 is 0. The van der Waals surface area contributed by atoms with Crippen molar-refractivity contribution in [3.8, 4) is 5.75 Å². The first-order valence-corrected chi connectivity index (χ1v) is 4.04. The Balaban J connectivity index is 3.09. The fourth-order valence-corrected chi connectivity index (χ4v) is 1.20. The Labute approximate surface area is 63.3 Å². The average Bonchev–Trinajstić information content (AvgIpc) is 1.94. The second kappa shape index (κ2) is 3.03. The van der Waals surface area contributed by atoms with E-state index in [1.54, 1.807) is 6.07 Å². The standard InChI is InChI=1S/C8H11OP/c1-6-2-3-8(9)7(4-6)5-10/h2-4,9H,5,10H2,1H3. The lowest BCUT2D eigenvalue weighted by Gasteiger charge is -2.00. The van der Waals surface area contributed by atoms with E-state index in [4.69, 9.17) is 0 Å². The van der Waals surface area contributed by atoms with Crippen molar-refractivity contribution in [1.82, 2.24) is 0 Å². The molecule has 1 aromatic carbocycles. The molecule has 0 fully saturated rings. The predicted octanol–water partition coefficient (Wildman–Crippen LogP) is 2.08. The number of aromatic hydroxyl groups is 1. The molecule has 1 atom stereocenters. The summed E-state index contributed by atoms with van der Waals surface area (Å²) in [6.07, 6.45) is 0.813. The Morgan fingerprint density at radius 3 is 2.70 bits per heavy atom. The van der Waals surface area contributed by atoms with E-state index >= 15 is 0 Å². The molecule has 1 nitrogen and oxygen atoms in total. The molecule has 2 heteroatoms. The summed E-state index contributed by atoms with van der Waals surface area (Å²) in [6.45, 7) is 2.02. The lowest BCUT2D eigenvalue weighted by molar-refractivity contribution is 0.470. The maximum absolute atomic E-state index is 9.22. The van der Waals surface area contributed by atoms with Crippen LogP contribution >= 0.6 is 9.24 Å². The zero-order valence-corrected chi connectivity index (χ0v) is 7.12. The van der Waals surface area contributed by atoms with Crippen LogP contribution in [0.15, 0.2) is 18.2 Å². The Morgan fingerprint density at radius 1 is 1.50 bits per heavy atom. The normalized spacial score (nSPS) is 9.80. The fourth-order valence-electron chi connectivity index (χ4n) is 0.878. The number of benzene rings is 1. The highest BCUT2D eigenvalue weighted by Crippen LogP contribution is 2.20. The van der Waals surface area contributed by atoms with Gasteiger partial charge in [-0.25, -0.2) is 0 Å². The molecule has 1 aromatic rings. The van der Waals surface area contributed by atoms with E-state index in [9.17, 15) is 5.11 Å². The highest BCUT2D eigenvalue weighted by Gasteiger charge is 1.96. The summed E-state index contributed by atoms with van der Waals surface area (Å²) in [5.74, 6) is 0.389. The first-order chi connectivity index (χ1) is 4.74. The van der Waals surface area contributed by atoms with Gasteiger partial charge in [0.1, 0.15) is 5.75 Å². The van der Waals surface area contributed by atoms with Gasteiger partial charge in [0, 0.05) is 0 Å². The lowest BCUT2D eigenvalue weighted by atomic mass is 10.1. The second-order valence-corrected chi connectivity index (χ2v) is 2.74. The maximum atomic E-state index is 9.22. The van der Waals surface area contributed by atoms with Crippen LogP contribution in [0.5, 0.6) is 5.75 Å². The molecule has 0 aliphatic rings. The van der Waals surface area contributed by atoms with Crippen LogP contribution < -0.4 is 0 Å². The van der Waals surface area contributed by atoms with Crippen molar-refractivity contribution in [3.63, 3.8) is 0 Å². The van der Waals surface area contributed by atoms with Gasteiger partial charge in [0.2, 0.25) is 0 Å². The molecule has 54 valence electrons. The Morgan fingerprint density at radius 2 is 2.20 bits per heavy atom. The molecule has 0 amide bonds. The molecule has 10 heavy (non-hydrogen) atoms. The molecular formula is C8H11OP. The summed E-state index contributed by atoms with van der Waals surface area (Å²) in [4.78, 5) is 0. The van der Waals surface area contributed by atoms with Crippen molar-refractivity contribution < 1.29 is 5.11 Å². The molecule has 1 N–H and O–H groups in total. The fraction of sp³-hybridized carbons (Fsp3) is 0.250. The molecule has 0 saturated carbocycles. The van der Waals surface area contributed by atoms with Crippen molar-refractivity contribution in [3.05, 3.63) is 29.3 Å². The van der Waals surface area contributed by atoms with Gasteiger partial charge in [0.05, 0.1) is 0 Å². The number of hydrogen-bond donors (Lipinski definition) is 1. The molecule has 0 aromatic heterocycles. The Bertz CT molecular complexity index is 233. The summed E-state index contributed by atoms with van der Waals surface area (Å²) >= 11 is 0. The van der Waals surface area contributed by atoms with Crippen molar-refractivity contribution in [1.29, 1.82) is 0 Å². The third kappa shape index (κ3) is 1.48. The zero-order chi connectivity index (χ0) is 7.56.